The van der Waals surface area contributed by atoms with E-state index < -0.39 is 27.4 Å². The van der Waals surface area contributed by atoms with Crippen molar-refractivity contribution in [3.8, 4) is 11.5 Å². The second-order valence-electron chi connectivity index (χ2n) is 7.52. The Morgan fingerprint density at radius 1 is 1.08 bits per heavy atom. The Kier molecular flexibility index (Phi) is 8.57. The second-order valence-corrected chi connectivity index (χ2v) is 9.42. The molecule has 0 saturated heterocycles. The van der Waals surface area contributed by atoms with Crippen LogP contribution in [0.3, 0.4) is 0 Å². The molecule has 188 valence electrons. The number of hydrazone groups is 1. The quantitative estimate of drug-likeness (QED) is 0.236. The van der Waals surface area contributed by atoms with Gasteiger partial charge in [0, 0.05) is 12.1 Å². The highest BCUT2D eigenvalue weighted by Crippen LogP contribution is 2.29. The smallest absolute Gasteiger partial charge is 0.269 e. The first-order valence-electron chi connectivity index (χ1n) is 10.6. The lowest BCUT2D eigenvalue weighted by molar-refractivity contribution is -0.384. The molecule has 0 saturated carbocycles. The highest BCUT2D eigenvalue weighted by atomic mass is 32.2. The number of non-ortho nitro benzene ring substituents is 1. The number of nitrogens with one attached hydrogen (secondary N) is 1. The predicted molar refractivity (Wildman–Crippen MR) is 135 cm³/mol. The zero-order valence-electron chi connectivity index (χ0n) is 19.5. The number of ether oxygens (including phenoxy) is 2. The van der Waals surface area contributed by atoms with Crippen molar-refractivity contribution in [2.75, 3.05) is 24.2 Å². The minimum absolute atomic E-state index is 0.0123. The van der Waals surface area contributed by atoms with Crippen molar-refractivity contribution < 1.29 is 27.6 Å². The normalized spacial score (nSPS) is 11.2. The van der Waals surface area contributed by atoms with Gasteiger partial charge in [-0.25, -0.2) is 13.8 Å². The van der Waals surface area contributed by atoms with E-state index >= 15 is 0 Å². The number of sulfonamides is 1. The number of hydrogen-bond acceptors (Lipinski definition) is 8. The SMILES string of the molecule is COc1ccccc1N(CC(=O)N/N=C\c1ccc(OCc2ccc([N+](=O)[O-])cc2)cc1)S(C)(=O)=O. The molecule has 0 radical (unpaired) electrons. The molecule has 3 rings (SSSR count). The fourth-order valence-corrected chi connectivity index (χ4v) is 3.95. The Balaban J connectivity index is 1.55. The fourth-order valence-electron chi connectivity index (χ4n) is 3.09. The van der Waals surface area contributed by atoms with E-state index in [-0.39, 0.29) is 18.0 Å². The number of hydrogen-bond donors (Lipinski definition) is 1. The van der Waals surface area contributed by atoms with Gasteiger partial charge in [-0.2, -0.15) is 5.10 Å². The molecule has 0 bridgehead atoms. The third kappa shape index (κ3) is 7.27. The van der Waals surface area contributed by atoms with Gasteiger partial charge >= 0.3 is 0 Å². The summed E-state index contributed by atoms with van der Waals surface area (Å²) in [5, 5.41) is 14.6. The molecule has 0 fully saturated rings. The molecule has 0 spiro atoms. The Morgan fingerprint density at radius 3 is 2.36 bits per heavy atom. The van der Waals surface area contributed by atoms with E-state index in [1.807, 2.05) is 0 Å². The summed E-state index contributed by atoms with van der Waals surface area (Å²) in [4.78, 5) is 22.6. The van der Waals surface area contributed by atoms with Gasteiger partial charge in [0.2, 0.25) is 10.0 Å². The number of benzene rings is 3. The number of nitro groups is 1. The maximum Gasteiger partial charge on any atom is 0.269 e. The van der Waals surface area contributed by atoms with Crippen molar-refractivity contribution in [3.05, 3.63) is 94.0 Å². The van der Waals surface area contributed by atoms with Crippen LogP contribution >= 0.6 is 0 Å². The second kappa shape index (κ2) is 11.8. The van der Waals surface area contributed by atoms with Crippen LogP contribution in [0.15, 0.2) is 77.9 Å². The third-order valence-corrected chi connectivity index (χ3v) is 6.00. The summed E-state index contributed by atoms with van der Waals surface area (Å²) in [6.45, 7) is -0.240. The van der Waals surface area contributed by atoms with Gasteiger partial charge in [-0.05, 0) is 59.7 Å². The molecule has 0 aliphatic rings. The van der Waals surface area contributed by atoms with Crippen molar-refractivity contribution in [2.45, 2.75) is 6.61 Å². The fraction of sp³-hybridized carbons (Fsp3) is 0.167. The van der Waals surface area contributed by atoms with Crippen LogP contribution in [0.4, 0.5) is 11.4 Å². The molecule has 0 aromatic heterocycles. The first-order valence-corrected chi connectivity index (χ1v) is 12.4. The van der Waals surface area contributed by atoms with Crippen LogP contribution in [-0.2, 0) is 21.4 Å². The Bertz CT molecular complexity index is 1340. The lowest BCUT2D eigenvalue weighted by atomic mass is 10.2. The predicted octanol–water partition coefficient (Wildman–Crippen LogP) is 3.10. The lowest BCUT2D eigenvalue weighted by Crippen LogP contribution is -2.39. The third-order valence-electron chi connectivity index (χ3n) is 4.88. The number of amides is 1. The molecule has 3 aromatic carbocycles. The van der Waals surface area contributed by atoms with Gasteiger partial charge in [0.1, 0.15) is 24.7 Å². The number of para-hydroxylation sites is 2. The van der Waals surface area contributed by atoms with Gasteiger partial charge in [-0.1, -0.05) is 12.1 Å². The summed E-state index contributed by atoms with van der Waals surface area (Å²) < 4.78 is 36.3. The van der Waals surface area contributed by atoms with Crippen molar-refractivity contribution in [3.63, 3.8) is 0 Å². The number of anilines is 1. The zero-order chi connectivity index (χ0) is 26.1. The van der Waals surface area contributed by atoms with E-state index in [2.05, 4.69) is 10.5 Å². The molecule has 3 aromatic rings. The van der Waals surface area contributed by atoms with Crippen molar-refractivity contribution in [1.29, 1.82) is 0 Å². The molecule has 12 heteroatoms. The van der Waals surface area contributed by atoms with E-state index in [4.69, 9.17) is 9.47 Å². The van der Waals surface area contributed by atoms with Crippen LogP contribution in [-0.4, -0.2) is 45.4 Å². The summed E-state index contributed by atoms with van der Waals surface area (Å²) >= 11 is 0. The summed E-state index contributed by atoms with van der Waals surface area (Å²) in [7, 11) is -2.35. The van der Waals surface area contributed by atoms with Crippen LogP contribution in [0, 0.1) is 10.1 Å². The molecule has 0 unspecified atom stereocenters. The largest absolute Gasteiger partial charge is 0.495 e. The number of rotatable bonds is 11. The summed E-state index contributed by atoms with van der Waals surface area (Å²) in [6, 6.07) is 19.4. The Labute approximate surface area is 208 Å². The molecule has 0 atom stereocenters. The number of carbonyl (C=O) groups is 1. The molecular weight excluding hydrogens is 488 g/mol. The molecule has 0 heterocycles. The first-order chi connectivity index (χ1) is 17.2. The van der Waals surface area contributed by atoms with Gasteiger partial charge in [-0.3, -0.25) is 19.2 Å². The summed E-state index contributed by atoms with van der Waals surface area (Å²) in [5.41, 5.74) is 4.02. The molecule has 36 heavy (non-hydrogen) atoms. The van der Waals surface area contributed by atoms with E-state index in [0.717, 1.165) is 16.1 Å². The first kappa shape index (κ1) is 26.2. The highest BCUT2D eigenvalue weighted by Gasteiger charge is 2.23. The number of carbonyl (C=O) groups excluding carboxylic acids is 1. The van der Waals surface area contributed by atoms with Crippen LogP contribution in [0.2, 0.25) is 0 Å². The Hall–Kier alpha value is -4.45. The van der Waals surface area contributed by atoms with E-state index in [1.165, 1.54) is 25.5 Å². The molecule has 11 nitrogen and oxygen atoms in total. The molecule has 1 amide bonds. The van der Waals surface area contributed by atoms with E-state index in [1.54, 1.807) is 60.7 Å². The van der Waals surface area contributed by atoms with Crippen molar-refractivity contribution >= 4 is 33.5 Å². The number of nitro benzene ring substituents is 1. The maximum absolute atomic E-state index is 12.4. The maximum atomic E-state index is 12.4. The highest BCUT2D eigenvalue weighted by molar-refractivity contribution is 7.92. The van der Waals surface area contributed by atoms with Gasteiger partial charge in [0.15, 0.2) is 0 Å². The average Bonchev–Trinajstić information content (AvgIpc) is 2.86. The van der Waals surface area contributed by atoms with Crippen molar-refractivity contribution in [1.82, 2.24) is 5.43 Å². The number of methoxy groups -OCH3 is 1. The Morgan fingerprint density at radius 2 is 1.75 bits per heavy atom. The van der Waals surface area contributed by atoms with Crippen molar-refractivity contribution in [2.24, 2.45) is 5.10 Å². The van der Waals surface area contributed by atoms with E-state index in [9.17, 15) is 23.3 Å². The number of nitrogens with zero attached hydrogens (tertiary/aromatic N) is 3. The molecule has 0 aliphatic heterocycles. The van der Waals surface area contributed by atoms with Gasteiger partial charge in [-0.15, -0.1) is 0 Å². The summed E-state index contributed by atoms with van der Waals surface area (Å²) in [6.07, 6.45) is 2.41. The minimum atomic E-state index is -3.76. The van der Waals surface area contributed by atoms with Crippen LogP contribution in [0.5, 0.6) is 11.5 Å². The molecular formula is C24H24N4O7S. The van der Waals surface area contributed by atoms with Gasteiger partial charge in [0.25, 0.3) is 11.6 Å². The molecule has 0 aliphatic carbocycles. The standard InChI is InChI=1S/C24H24N4O7S/c1-34-23-6-4-3-5-22(23)27(36(2,32)33)16-24(29)26-25-15-18-9-13-21(14-10-18)35-17-19-7-11-20(12-8-19)28(30)31/h3-15H,16-17H2,1-2H3,(H,26,29)/b25-15-. The summed E-state index contributed by atoms with van der Waals surface area (Å²) in [5.74, 6) is 0.260. The topological polar surface area (TPSA) is 140 Å². The molecule has 1 N–H and O–H groups in total. The van der Waals surface area contributed by atoms with Crippen LogP contribution in [0.25, 0.3) is 0 Å². The zero-order valence-corrected chi connectivity index (χ0v) is 20.3. The van der Waals surface area contributed by atoms with Crippen LogP contribution < -0.4 is 19.2 Å². The van der Waals surface area contributed by atoms with Gasteiger partial charge in [0.05, 0.1) is 30.2 Å². The minimum Gasteiger partial charge on any atom is -0.495 e. The monoisotopic (exact) mass is 512 g/mol. The average molecular weight is 513 g/mol. The van der Waals surface area contributed by atoms with E-state index in [0.29, 0.717) is 17.1 Å². The van der Waals surface area contributed by atoms with Gasteiger partial charge < -0.3 is 9.47 Å². The van der Waals surface area contributed by atoms with Crippen LogP contribution in [0.1, 0.15) is 11.1 Å². The lowest BCUT2D eigenvalue weighted by Gasteiger charge is -2.23.